The molecule has 1 aliphatic rings. The van der Waals surface area contributed by atoms with Crippen LogP contribution in [0.25, 0.3) is 0 Å². The summed E-state index contributed by atoms with van der Waals surface area (Å²) in [5.41, 5.74) is 5.07. The Morgan fingerprint density at radius 2 is 1.41 bits per heavy atom. The molecule has 0 bridgehead atoms. The first-order valence-corrected chi connectivity index (χ1v) is 11.3. The summed E-state index contributed by atoms with van der Waals surface area (Å²) in [4.78, 5) is 21.7. The Hall–Kier alpha value is -2.76. The molecule has 0 saturated carbocycles. The Bertz CT molecular complexity index is 1120. The lowest BCUT2D eigenvalue weighted by Crippen LogP contribution is -2.33. The zero-order valence-electron chi connectivity index (χ0n) is 18.5. The number of carbonyl (C=O) groups is 1. The molecule has 166 valence electrons. The molecule has 0 N–H and O–H groups in total. The molecule has 5 nitrogen and oxygen atoms in total. The number of ether oxygens (including phenoxy) is 1. The topological polar surface area (TPSA) is 45.7 Å². The zero-order valence-corrected chi connectivity index (χ0v) is 20.0. The van der Waals surface area contributed by atoms with Gasteiger partial charge in [-0.15, -0.1) is 23.2 Å². The summed E-state index contributed by atoms with van der Waals surface area (Å²) in [5.74, 6) is 0.0945. The fourth-order valence-electron chi connectivity index (χ4n) is 4.23. The highest BCUT2D eigenvalue weighted by molar-refractivity contribution is 6.17. The number of anilines is 2. The number of carbonyl (C=O) groups excluding carboxylic acids is 1. The van der Waals surface area contributed by atoms with Gasteiger partial charge in [-0.25, -0.2) is 4.79 Å². The van der Waals surface area contributed by atoms with Crippen LogP contribution in [-0.2, 0) is 22.1 Å². The number of esters is 1. The summed E-state index contributed by atoms with van der Waals surface area (Å²) in [6.45, 7) is 0. The Morgan fingerprint density at radius 1 is 0.875 bits per heavy atom. The van der Waals surface area contributed by atoms with Crippen molar-refractivity contribution in [1.82, 2.24) is 4.98 Å². The lowest BCUT2D eigenvalue weighted by Gasteiger charge is -2.33. The second-order valence-electron chi connectivity index (χ2n) is 8.21. The lowest BCUT2D eigenvalue weighted by molar-refractivity contribution is 0.0239. The van der Waals surface area contributed by atoms with Gasteiger partial charge >= 0.3 is 5.97 Å². The van der Waals surface area contributed by atoms with Gasteiger partial charge < -0.3 is 14.5 Å². The van der Waals surface area contributed by atoms with Crippen LogP contribution in [0.3, 0.4) is 0 Å². The van der Waals surface area contributed by atoms with Gasteiger partial charge in [0.2, 0.25) is 5.60 Å². The van der Waals surface area contributed by atoms with E-state index in [0.717, 1.165) is 33.6 Å². The van der Waals surface area contributed by atoms with E-state index in [2.05, 4.69) is 4.98 Å². The van der Waals surface area contributed by atoms with Crippen LogP contribution in [0.15, 0.2) is 54.7 Å². The number of hydrogen-bond donors (Lipinski definition) is 0. The van der Waals surface area contributed by atoms with Crippen molar-refractivity contribution in [3.05, 3.63) is 88.2 Å². The molecule has 1 aromatic heterocycles. The van der Waals surface area contributed by atoms with Crippen LogP contribution in [0, 0.1) is 0 Å². The zero-order chi connectivity index (χ0) is 23.0. The van der Waals surface area contributed by atoms with Crippen molar-refractivity contribution in [3.63, 3.8) is 0 Å². The van der Waals surface area contributed by atoms with Crippen molar-refractivity contribution in [2.75, 3.05) is 38.0 Å². The van der Waals surface area contributed by atoms with E-state index in [1.165, 1.54) is 0 Å². The maximum atomic E-state index is 13.0. The van der Waals surface area contributed by atoms with Gasteiger partial charge in [-0.1, -0.05) is 12.1 Å². The minimum Gasteiger partial charge on any atom is -0.439 e. The van der Waals surface area contributed by atoms with E-state index in [1.54, 1.807) is 18.3 Å². The van der Waals surface area contributed by atoms with Crippen LogP contribution in [0.5, 0.6) is 0 Å². The molecular formula is C25H25Cl2N3O2. The summed E-state index contributed by atoms with van der Waals surface area (Å²) in [6.07, 6.45) is 1.68. The first-order valence-electron chi connectivity index (χ1n) is 10.3. The van der Waals surface area contributed by atoms with Gasteiger partial charge in [0, 0.05) is 68.6 Å². The number of pyridine rings is 1. The molecule has 2 heterocycles. The van der Waals surface area contributed by atoms with E-state index in [4.69, 9.17) is 27.9 Å². The number of halogens is 2. The van der Waals surface area contributed by atoms with Crippen LogP contribution < -0.4 is 9.80 Å². The Kier molecular flexibility index (Phi) is 6.06. The highest BCUT2D eigenvalue weighted by atomic mass is 35.5. The molecular weight excluding hydrogens is 445 g/mol. The maximum Gasteiger partial charge on any atom is 0.341 e. The van der Waals surface area contributed by atoms with Crippen LogP contribution in [0.2, 0.25) is 0 Å². The monoisotopic (exact) mass is 469 g/mol. The normalized spacial score (nSPS) is 14.1. The molecule has 4 rings (SSSR count). The summed E-state index contributed by atoms with van der Waals surface area (Å²) in [5, 5.41) is 0. The largest absolute Gasteiger partial charge is 0.439 e. The van der Waals surface area contributed by atoms with E-state index in [-0.39, 0.29) is 11.8 Å². The highest BCUT2D eigenvalue weighted by Gasteiger charge is 2.51. The van der Waals surface area contributed by atoms with Crippen LogP contribution in [0.4, 0.5) is 11.4 Å². The predicted octanol–water partition coefficient (Wildman–Crippen LogP) is 5.15. The second kappa shape index (κ2) is 8.64. The molecule has 32 heavy (non-hydrogen) atoms. The maximum absolute atomic E-state index is 13.0. The van der Waals surface area contributed by atoms with Crippen LogP contribution >= 0.6 is 23.2 Å². The van der Waals surface area contributed by atoms with Gasteiger partial charge in [-0.3, -0.25) is 4.98 Å². The van der Waals surface area contributed by atoms with Gasteiger partial charge in [0.25, 0.3) is 0 Å². The van der Waals surface area contributed by atoms with Gasteiger partial charge in [-0.2, -0.15) is 0 Å². The first-order chi connectivity index (χ1) is 15.3. The van der Waals surface area contributed by atoms with Crippen LogP contribution in [-0.4, -0.2) is 39.1 Å². The minimum atomic E-state index is -1.24. The summed E-state index contributed by atoms with van der Waals surface area (Å²) in [7, 11) is 7.89. The predicted molar refractivity (Wildman–Crippen MR) is 130 cm³/mol. The fourth-order valence-corrected chi connectivity index (χ4v) is 4.67. The van der Waals surface area contributed by atoms with Gasteiger partial charge in [-0.05, 0) is 47.5 Å². The third kappa shape index (κ3) is 3.50. The number of fused-ring (bicyclic) bond motifs is 1. The van der Waals surface area contributed by atoms with Gasteiger partial charge in [0.05, 0.1) is 5.56 Å². The SMILES string of the molecule is CN(C)c1ccc(C2(c3ccc(N(C)C)cc3CCl)OC(=O)c3cccnc32)c(CCl)c1. The molecule has 7 heteroatoms. The van der Waals surface area contributed by atoms with Gasteiger partial charge in [0.1, 0.15) is 5.69 Å². The molecule has 0 atom stereocenters. The van der Waals surface area contributed by atoms with E-state index in [9.17, 15) is 4.79 Å². The molecule has 0 saturated heterocycles. The number of nitrogens with zero attached hydrogens (tertiary/aromatic N) is 3. The molecule has 1 aliphatic heterocycles. The third-order valence-corrected chi connectivity index (χ3v) is 6.44. The number of cyclic esters (lactones) is 1. The number of benzene rings is 2. The number of alkyl halides is 2. The molecule has 3 aromatic rings. The average Bonchev–Trinajstić information content (AvgIpc) is 3.11. The van der Waals surface area contributed by atoms with Crippen LogP contribution in [0.1, 0.15) is 38.3 Å². The quantitative estimate of drug-likeness (QED) is 0.368. The van der Waals surface area contributed by atoms with Crippen molar-refractivity contribution < 1.29 is 9.53 Å². The summed E-state index contributed by atoms with van der Waals surface area (Å²) >= 11 is 12.9. The van der Waals surface area contributed by atoms with E-state index >= 15 is 0 Å². The highest BCUT2D eigenvalue weighted by Crippen LogP contribution is 2.49. The summed E-state index contributed by atoms with van der Waals surface area (Å²) < 4.78 is 6.23. The lowest BCUT2D eigenvalue weighted by atomic mass is 9.78. The molecule has 0 amide bonds. The number of rotatable bonds is 6. The fraction of sp³-hybridized carbons (Fsp3) is 0.280. The molecule has 0 spiro atoms. The van der Waals surface area contributed by atoms with E-state index in [1.807, 2.05) is 74.4 Å². The molecule has 0 fully saturated rings. The molecule has 0 aliphatic carbocycles. The van der Waals surface area contributed by atoms with E-state index < -0.39 is 11.6 Å². The van der Waals surface area contributed by atoms with Gasteiger partial charge in [0.15, 0.2) is 0 Å². The molecule has 0 radical (unpaired) electrons. The number of hydrogen-bond acceptors (Lipinski definition) is 5. The van der Waals surface area contributed by atoms with Crippen molar-refractivity contribution >= 4 is 40.5 Å². The molecule has 0 unspecified atom stereocenters. The second-order valence-corrected chi connectivity index (χ2v) is 8.74. The van der Waals surface area contributed by atoms with Crippen molar-refractivity contribution in [1.29, 1.82) is 0 Å². The average molecular weight is 470 g/mol. The standard InChI is InChI=1S/C25H25Cl2N3O2/c1-29(2)18-7-9-21(16(12-18)14-26)25(23-20(24(31)32-25)6-5-11-28-23)22-10-8-19(30(3)4)13-17(22)15-27/h5-13H,14-15H2,1-4H3. The van der Waals surface area contributed by atoms with E-state index in [0.29, 0.717) is 11.3 Å². The third-order valence-electron chi connectivity index (χ3n) is 5.86. The van der Waals surface area contributed by atoms with Crippen molar-refractivity contribution in [2.45, 2.75) is 17.4 Å². The van der Waals surface area contributed by atoms with Crippen molar-refractivity contribution in [2.24, 2.45) is 0 Å². The number of aromatic nitrogens is 1. The Morgan fingerprint density at radius 3 is 1.88 bits per heavy atom. The minimum absolute atomic E-state index is 0.254. The Labute approximate surface area is 198 Å². The summed E-state index contributed by atoms with van der Waals surface area (Å²) in [6, 6.07) is 15.5. The van der Waals surface area contributed by atoms with Crippen molar-refractivity contribution in [3.8, 4) is 0 Å². The Balaban J connectivity index is 2.08. The molecule has 2 aromatic carbocycles. The smallest absolute Gasteiger partial charge is 0.341 e. The first kappa shape index (κ1) is 22.4.